The van der Waals surface area contributed by atoms with Crippen LogP contribution in [0.15, 0.2) is 47.9 Å². The van der Waals surface area contributed by atoms with Crippen molar-refractivity contribution >= 4 is 0 Å². The predicted octanol–water partition coefficient (Wildman–Crippen LogP) is 11.3. The lowest BCUT2D eigenvalue weighted by atomic mass is 9.63. The molecule has 0 N–H and O–H groups in total. The van der Waals surface area contributed by atoms with Gasteiger partial charge in [0.05, 0.1) is 5.41 Å². The van der Waals surface area contributed by atoms with Crippen molar-refractivity contribution in [2.24, 2.45) is 11.3 Å². The number of unbranched alkanes of at least 4 members (excludes halogenated alkanes) is 14. The first-order chi connectivity index (χ1) is 16.6. The van der Waals surface area contributed by atoms with Gasteiger partial charge in [-0.2, -0.15) is 0 Å². The Balaban J connectivity index is 1.79. The molecule has 2 heteroatoms. The summed E-state index contributed by atoms with van der Waals surface area (Å²) in [7, 11) is 0. The summed E-state index contributed by atoms with van der Waals surface area (Å²) in [4.78, 5) is 0. The van der Waals surface area contributed by atoms with Crippen molar-refractivity contribution < 1.29 is 8.78 Å². The van der Waals surface area contributed by atoms with Gasteiger partial charge in [-0.25, -0.2) is 8.78 Å². The van der Waals surface area contributed by atoms with Crippen LogP contribution in [0, 0.1) is 11.3 Å². The topological polar surface area (TPSA) is 0 Å². The van der Waals surface area contributed by atoms with Crippen LogP contribution in [0.5, 0.6) is 0 Å². The molecule has 0 aromatic rings. The van der Waals surface area contributed by atoms with Crippen LogP contribution < -0.4 is 0 Å². The summed E-state index contributed by atoms with van der Waals surface area (Å²) < 4.78 is 30.6. The summed E-state index contributed by atoms with van der Waals surface area (Å²) in [6.45, 7) is 4.50. The zero-order valence-corrected chi connectivity index (χ0v) is 22.3. The maximum atomic E-state index is 15.3. The molecule has 2 aliphatic rings. The van der Waals surface area contributed by atoms with Crippen LogP contribution in [-0.2, 0) is 0 Å². The van der Waals surface area contributed by atoms with Crippen molar-refractivity contribution in [3.05, 3.63) is 47.9 Å². The molecule has 0 amide bonds. The summed E-state index contributed by atoms with van der Waals surface area (Å²) >= 11 is 0. The number of rotatable bonds is 19. The fourth-order valence-corrected chi connectivity index (χ4v) is 5.77. The largest absolute Gasteiger partial charge is 0.242 e. The summed E-state index contributed by atoms with van der Waals surface area (Å²) in [5, 5.41) is 0. The van der Waals surface area contributed by atoms with E-state index < -0.39 is 11.6 Å². The van der Waals surface area contributed by atoms with E-state index in [1.54, 1.807) is 12.2 Å². The van der Waals surface area contributed by atoms with E-state index in [2.05, 4.69) is 32.1 Å². The highest BCUT2D eigenvalue weighted by Gasteiger charge is 2.48. The molecule has 0 bridgehead atoms. The van der Waals surface area contributed by atoms with Gasteiger partial charge in [-0.15, -0.1) is 0 Å². The van der Waals surface area contributed by atoms with Crippen molar-refractivity contribution in [2.45, 2.75) is 142 Å². The van der Waals surface area contributed by atoms with Crippen molar-refractivity contribution in [1.82, 2.24) is 0 Å². The minimum Gasteiger partial charge on any atom is -0.242 e. The van der Waals surface area contributed by atoms with E-state index in [0.29, 0.717) is 6.42 Å². The monoisotopic (exact) mass is 474 g/mol. The average Bonchev–Trinajstić information content (AvgIpc) is 2.85. The molecule has 2 rings (SSSR count). The summed E-state index contributed by atoms with van der Waals surface area (Å²) in [6, 6.07) is 0. The minimum atomic E-state index is -1.24. The zero-order chi connectivity index (χ0) is 24.5. The number of hydrogen-bond donors (Lipinski definition) is 0. The molecule has 0 saturated carbocycles. The molecule has 0 fully saturated rings. The normalized spacial score (nSPS) is 24.4. The molecule has 2 aliphatic carbocycles. The number of hydrogen-bond acceptors (Lipinski definition) is 0. The van der Waals surface area contributed by atoms with Crippen molar-refractivity contribution in [1.29, 1.82) is 0 Å². The lowest BCUT2D eigenvalue weighted by molar-refractivity contribution is 0.0860. The Labute approximate surface area is 210 Å². The average molecular weight is 475 g/mol. The second-order valence-electron chi connectivity index (χ2n) is 10.8. The maximum absolute atomic E-state index is 15.3. The Hall–Kier alpha value is -1.18. The van der Waals surface area contributed by atoms with Crippen LogP contribution in [0.2, 0.25) is 0 Å². The molecule has 3 unspecified atom stereocenters. The lowest BCUT2D eigenvalue weighted by Gasteiger charge is -2.42. The summed E-state index contributed by atoms with van der Waals surface area (Å²) in [5.74, 6) is -0.337. The predicted molar refractivity (Wildman–Crippen MR) is 145 cm³/mol. The molecule has 0 spiro atoms. The van der Waals surface area contributed by atoms with Crippen molar-refractivity contribution in [2.75, 3.05) is 0 Å². The van der Waals surface area contributed by atoms with Gasteiger partial charge >= 0.3 is 0 Å². The van der Waals surface area contributed by atoms with Crippen LogP contribution in [0.3, 0.4) is 0 Å². The van der Waals surface area contributed by atoms with Crippen LogP contribution in [0.1, 0.15) is 136 Å². The molecule has 0 nitrogen and oxygen atoms in total. The SMILES string of the molecule is CCCCCCCCCCC1=CCC(C2(CCCCCCCCCC)C(F)=CC=CC2F)C=C1. The summed E-state index contributed by atoms with van der Waals surface area (Å²) in [5.41, 5.74) is 0.351. The Kier molecular flexibility index (Phi) is 14.8. The first-order valence-corrected chi connectivity index (χ1v) is 14.7. The van der Waals surface area contributed by atoms with Crippen LogP contribution in [0.25, 0.3) is 0 Å². The fourth-order valence-electron chi connectivity index (χ4n) is 5.77. The highest BCUT2D eigenvalue weighted by molar-refractivity contribution is 5.33. The highest BCUT2D eigenvalue weighted by Crippen LogP contribution is 2.51. The Morgan fingerprint density at radius 2 is 1.32 bits per heavy atom. The molecule has 3 atom stereocenters. The number of halogens is 2. The third-order valence-electron chi connectivity index (χ3n) is 8.06. The number of allylic oxidation sites excluding steroid dienone is 8. The number of alkyl halides is 1. The standard InChI is InChI=1S/C32H52F2/c1-3-5-7-9-11-13-15-17-20-28-23-25-29(26-24-28)32(30(33)21-19-22-31(32)34)27-18-16-14-12-10-8-6-4-2/h19,21-25,29-30H,3-18,20,26-27H2,1-2H3. The molecule has 0 aromatic carbocycles. The van der Waals surface area contributed by atoms with E-state index in [4.69, 9.17) is 0 Å². The smallest absolute Gasteiger partial charge is 0.131 e. The van der Waals surface area contributed by atoms with Gasteiger partial charge in [0.25, 0.3) is 0 Å². The first kappa shape index (κ1) is 29.1. The molecule has 0 aromatic heterocycles. The van der Waals surface area contributed by atoms with Gasteiger partial charge in [-0.1, -0.05) is 140 Å². The second-order valence-corrected chi connectivity index (χ2v) is 10.8. The third-order valence-corrected chi connectivity index (χ3v) is 8.06. The van der Waals surface area contributed by atoms with Crippen molar-refractivity contribution in [3.8, 4) is 0 Å². The van der Waals surface area contributed by atoms with Gasteiger partial charge in [-0.3, -0.25) is 0 Å². The van der Waals surface area contributed by atoms with E-state index >= 15 is 8.78 Å². The lowest BCUT2D eigenvalue weighted by Crippen LogP contribution is -2.40. The molecule has 0 heterocycles. The quantitative estimate of drug-likeness (QED) is 0.163. The Morgan fingerprint density at radius 3 is 1.85 bits per heavy atom. The molecule has 0 radical (unpaired) electrons. The van der Waals surface area contributed by atoms with Gasteiger partial charge in [-0.05, 0) is 43.8 Å². The highest BCUT2D eigenvalue weighted by atomic mass is 19.1. The molecule has 0 aliphatic heterocycles. The Bertz CT molecular complexity index is 656. The van der Waals surface area contributed by atoms with Crippen LogP contribution in [-0.4, -0.2) is 6.17 Å². The van der Waals surface area contributed by atoms with Gasteiger partial charge in [0.15, 0.2) is 0 Å². The fraction of sp³-hybridized carbons (Fsp3) is 0.750. The van der Waals surface area contributed by atoms with Gasteiger partial charge < -0.3 is 0 Å². The van der Waals surface area contributed by atoms with E-state index in [-0.39, 0.29) is 11.7 Å². The van der Waals surface area contributed by atoms with Crippen LogP contribution >= 0.6 is 0 Å². The minimum absolute atomic E-state index is 0.0874. The summed E-state index contributed by atoms with van der Waals surface area (Å²) in [6.07, 6.45) is 32.6. The van der Waals surface area contributed by atoms with Gasteiger partial charge in [0, 0.05) is 0 Å². The molecule has 34 heavy (non-hydrogen) atoms. The zero-order valence-electron chi connectivity index (χ0n) is 22.3. The maximum Gasteiger partial charge on any atom is 0.131 e. The van der Waals surface area contributed by atoms with Crippen molar-refractivity contribution in [3.63, 3.8) is 0 Å². The molecular formula is C32H52F2. The van der Waals surface area contributed by atoms with Crippen LogP contribution in [0.4, 0.5) is 8.78 Å². The van der Waals surface area contributed by atoms with Gasteiger partial charge in [0.1, 0.15) is 12.0 Å². The van der Waals surface area contributed by atoms with E-state index in [0.717, 1.165) is 25.7 Å². The molecule has 194 valence electrons. The van der Waals surface area contributed by atoms with E-state index in [1.165, 1.54) is 102 Å². The second kappa shape index (κ2) is 17.3. The third kappa shape index (κ3) is 9.46. The van der Waals surface area contributed by atoms with Gasteiger partial charge in [0.2, 0.25) is 0 Å². The first-order valence-electron chi connectivity index (χ1n) is 14.7. The Morgan fingerprint density at radius 1 is 0.765 bits per heavy atom. The molecule has 0 saturated heterocycles. The molecular weight excluding hydrogens is 422 g/mol. The van der Waals surface area contributed by atoms with E-state index in [1.807, 2.05) is 0 Å². The van der Waals surface area contributed by atoms with E-state index in [9.17, 15) is 0 Å².